The molecule has 1 N–H and O–H groups in total. The molecule has 0 saturated carbocycles. The molecule has 0 aliphatic rings. The quantitative estimate of drug-likeness (QED) is 0.569. The lowest BCUT2D eigenvalue weighted by atomic mass is 10.4. The number of hydrogen-bond acceptors (Lipinski definition) is 5. The fourth-order valence-corrected chi connectivity index (χ4v) is 2.73. The first kappa shape index (κ1) is 18.3. The lowest BCUT2D eigenvalue weighted by Crippen LogP contribution is -2.49. The van der Waals surface area contributed by atoms with Gasteiger partial charge in [-0.2, -0.15) is 17.0 Å². The van der Waals surface area contributed by atoms with Crippen molar-refractivity contribution in [1.29, 1.82) is 0 Å². The molecule has 0 fully saturated rings. The Bertz CT molecular complexity index is 364. The number of aliphatic carboxylic acids is 1. The van der Waals surface area contributed by atoms with Gasteiger partial charge in [-0.1, -0.05) is 0 Å². The monoisotopic (exact) mass is 298 g/mol. The summed E-state index contributed by atoms with van der Waals surface area (Å²) in [7, 11) is 0.299. The molecule has 0 aliphatic heterocycles. The van der Waals surface area contributed by atoms with Gasteiger partial charge in [-0.05, 0) is 6.92 Å². The highest BCUT2D eigenvalue weighted by atomic mass is 32.2. The van der Waals surface area contributed by atoms with E-state index in [-0.39, 0.29) is 26.3 Å². The summed E-state index contributed by atoms with van der Waals surface area (Å²) in [6.45, 7) is 2.03. The predicted octanol–water partition coefficient (Wildman–Crippen LogP) is -0.769. The van der Waals surface area contributed by atoms with E-state index in [1.807, 2.05) is 0 Å². The summed E-state index contributed by atoms with van der Waals surface area (Å²) in [5.74, 6) is -1.20. The number of hydrogen-bond donors (Lipinski definition) is 1. The lowest BCUT2D eigenvalue weighted by Gasteiger charge is -2.29. The molecule has 0 spiro atoms. The third-order valence-electron chi connectivity index (χ3n) is 2.68. The van der Waals surface area contributed by atoms with Crippen molar-refractivity contribution in [1.82, 2.24) is 8.61 Å². The Kier molecular flexibility index (Phi) is 8.11. The van der Waals surface area contributed by atoms with E-state index in [1.165, 1.54) is 28.2 Å². The molecule has 0 heterocycles. The number of likely N-dealkylation sites (N-methyl/N-ethyl adjacent to an activating group) is 1. The van der Waals surface area contributed by atoms with Crippen LogP contribution in [0.3, 0.4) is 0 Å². The van der Waals surface area contributed by atoms with Crippen LogP contribution < -0.4 is 0 Å². The SMILES string of the molecule is COCCN(CCOC)S(=O)(=O)N(C)C(C)C(=O)O. The van der Waals surface area contributed by atoms with Crippen molar-refractivity contribution in [2.45, 2.75) is 13.0 Å². The number of methoxy groups -OCH3 is 2. The number of carboxylic acid groups (broad SMARTS) is 1. The molecule has 1 unspecified atom stereocenters. The summed E-state index contributed by atoms with van der Waals surface area (Å²) in [5, 5.41) is 8.88. The van der Waals surface area contributed by atoms with Gasteiger partial charge in [0.25, 0.3) is 10.2 Å². The summed E-state index contributed by atoms with van der Waals surface area (Å²) in [6, 6.07) is -1.14. The highest BCUT2D eigenvalue weighted by molar-refractivity contribution is 7.86. The zero-order valence-corrected chi connectivity index (χ0v) is 12.5. The topological polar surface area (TPSA) is 96.4 Å². The molecule has 0 amide bonds. The van der Waals surface area contributed by atoms with E-state index in [1.54, 1.807) is 0 Å². The Morgan fingerprint density at radius 2 is 1.63 bits per heavy atom. The van der Waals surface area contributed by atoms with Crippen molar-refractivity contribution >= 4 is 16.2 Å². The molecule has 19 heavy (non-hydrogen) atoms. The Hall–Kier alpha value is -0.740. The molecule has 0 rings (SSSR count). The van der Waals surface area contributed by atoms with Crippen LogP contribution in [0.25, 0.3) is 0 Å². The second kappa shape index (κ2) is 8.43. The standard InChI is InChI=1S/C10H22N2O6S/c1-9(10(13)14)11(2)19(15,16)12(5-7-17-3)6-8-18-4/h9H,5-8H2,1-4H3,(H,13,14). The van der Waals surface area contributed by atoms with Crippen molar-refractivity contribution in [3.05, 3.63) is 0 Å². The molecule has 8 nitrogen and oxygen atoms in total. The van der Waals surface area contributed by atoms with Crippen molar-refractivity contribution in [3.63, 3.8) is 0 Å². The number of ether oxygens (including phenoxy) is 2. The third kappa shape index (κ3) is 5.41. The zero-order valence-electron chi connectivity index (χ0n) is 11.7. The molecule has 0 bridgehead atoms. The predicted molar refractivity (Wildman–Crippen MR) is 69.1 cm³/mol. The highest BCUT2D eigenvalue weighted by Crippen LogP contribution is 2.10. The van der Waals surface area contributed by atoms with Crippen LogP contribution >= 0.6 is 0 Å². The van der Waals surface area contributed by atoms with Crippen molar-refractivity contribution in [2.24, 2.45) is 0 Å². The molecule has 0 aliphatic carbocycles. The van der Waals surface area contributed by atoms with Gasteiger partial charge < -0.3 is 14.6 Å². The molecule has 1 atom stereocenters. The average Bonchev–Trinajstić information content (AvgIpc) is 2.36. The summed E-state index contributed by atoms with van der Waals surface area (Å²) in [6.07, 6.45) is 0. The van der Waals surface area contributed by atoms with Gasteiger partial charge in [0.05, 0.1) is 13.2 Å². The molecule has 0 aromatic carbocycles. The van der Waals surface area contributed by atoms with Gasteiger partial charge >= 0.3 is 5.97 Å². The van der Waals surface area contributed by atoms with Crippen LogP contribution in [0, 0.1) is 0 Å². The fraction of sp³-hybridized carbons (Fsp3) is 0.900. The Morgan fingerprint density at radius 1 is 1.21 bits per heavy atom. The third-order valence-corrected chi connectivity index (χ3v) is 4.74. The number of nitrogens with zero attached hydrogens (tertiary/aromatic N) is 2. The van der Waals surface area contributed by atoms with E-state index in [4.69, 9.17) is 14.6 Å². The number of carbonyl (C=O) groups is 1. The van der Waals surface area contributed by atoms with Crippen molar-refractivity contribution in [3.8, 4) is 0 Å². The minimum Gasteiger partial charge on any atom is -0.480 e. The van der Waals surface area contributed by atoms with Crippen LogP contribution in [0.1, 0.15) is 6.92 Å². The number of carboxylic acids is 1. The molecular formula is C10H22N2O6S. The molecule has 0 aromatic heterocycles. The normalized spacial score (nSPS) is 14.0. The van der Waals surface area contributed by atoms with Crippen LogP contribution in [0.4, 0.5) is 0 Å². The van der Waals surface area contributed by atoms with E-state index < -0.39 is 22.2 Å². The molecule has 0 aromatic rings. The smallest absolute Gasteiger partial charge is 0.321 e. The maximum Gasteiger partial charge on any atom is 0.321 e. The van der Waals surface area contributed by atoms with Gasteiger partial charge in [-0.3, -0.25) is 4.79 Å². The minimum absolute atomic E-state index is 0.138. The van der Waals surface area contributed by atoms with Crippen LogP contribution in [0.2, 0.25) is 0 Å². The summed E-state index contributed by atoms with van der Waals surface area (Å²) in [4.78, 5) is 10.9. The highest BCUT2D eigenvalue weighted by Gasteiger charge is 2.32. The first-order valence-electron chi connectivity index (χ1n) is 5.72. The largest absolute Gasteiger partial charge is 0.480 e. The van der Waals surface area contributed by atoms with Gasteiger partial charge in [0, 0.05) is 34.4 Å². The van der Waals surface area contributed by atoms with Crippen molar-refractivity contribution in [2.75, 3.05) is 47.6 Å². The zero-order chi connectivity index (χ0) is 15.1. The van der Waals surface area contributed by atoms with Gasteiger partial charge in [0.1, 0.15) is 6.04 Å². The lowest BCUT2D eigenvalue weighted by molar-refractivity contribution is -0.140. The Balaban J connectivity index is 4.99. The van der Waals surface area contributed by atoms with E-state index >= 15 is 0 Å². The Morgan fingerprint density at radius 3 is 1.95 bits per heavy atom. The molecule has 0 saturated heterocycles. The summed E-state index contributed by atoms with van der Waals surface area (Å²) >= 11 is 0. The van der Waals surface area contributed by atoms with Gasteiger partial charge in [0.2, 0.25) is 0 Å². The first-order chi connectivity index (χ1) is 8.78. The van der Waals surface area contributed by atoms with Gasteiger partial charge in [0.15, 0.2) is 0 Å². The number of rotatable bonds is 10. The second-order valence-corrected chi connectivity index (χ2v) is 5.91. The average molecular weight is 298 g/mol. The maximum absolute atomic E-state index is 12.3. The van der Waals surface area contributed by atoms with Crippen LogP contribution in [-0.4, -0.2) is 81.7 Å². The van der Waals surface area contributed by atoms with Gasteiger partial charge in [-0.15, -0.1) is 0 Å². The molecule has 114 valence electrons. The van der Waals surface area contributed by atoms with Crippen LogP contribution in [0.15, 0.2) is 0 Å². The van der Waals surface area contributed by atoms with E-state index in [2.05, 4.69) is 0 Å². The first-order valence-corrected chi connectivity index (χ1v) is 7.12. The summed E-state index contributed by atoms with van der Waals surface area (Å²) in [5.41, 5.74) is 0. The van der Waals surface area contributed by atoms with Crippen molar-refractivity contribution < 1.29 is 27.8 Å². The van der Waals surface area contributed by atoms with E-state index in [0.29, 0.717) is 0 Å². The summed E-state index contributed by atoms with van der Waals surface area (Å²) < 4.78 is 36.2. The molecule has 9 heteroatoms. The minimum atomic E-state index is -3.86. The van der Waals surface area contributed by atoms with E-state index in [0.717, 1.165) is 8.61 Å². The van der Waals surface area contributed by atoms with Crippen LogP contribution in [0.5, 0.6) is 0 Å². The second-order valence-electron chi connectivity index (χ2n) is 3.92. The fourth-order valence-electron chi connectivity index (χ4n) is 1.27. The maximum atomic E-state index is 12.3. The van der Waals surface area contributed by atoms with E-state index in [9.17, 15) is 13.2 Å². The molecular weight excluding hydrogens is 276 g/mol. The Labute approximate surface area is 114 Å². The van der Waals surface area contributed by atoms with Crippen LogP contribution in [-0.2, 0) is 24.5 Å². The van der Waals surface area contributed by atoms with Gasteiger partial charge in [-0.25, -0.2) is 0 Å². The molecule has 0 radical (unpaired) electrons.